The smallest absolute Gasteiger partial charge is 0.243 e. The first kappa shape index (κ1) is 14.3. The van der Waals surface area contributed by atoms with E-state index in [2.05, 4.69) is 0 Å². The second-order valence-electron chi connectivity index (χ2n) is 5.02. The average Bonchev–Trinajstić information content (AvgIpc) is 2.64. The number of aromatic hydroxyl groups is 1. The number of phenols is 1. The van der Waals surface area contributed by atoms with E-state index >= 15 is 0 Å². The van der Waals surface area contributed by atoms with E-state index in [-0.39, 0.29) is 16.7 Å². The normalized spacial score (nSPS) is 22.1. The lowest BCUT2D eigenvalue weighted by Crippen LogP contribution is -2.39. The second-order valence-corrected chi connectivity index (χ2v) is 6.92. The van der Waals surface area contributed by atoms with Gasteiger partial charge in [0, 0.05) is 12.6 Å². The quantitative estimate of drug-likeness (QED) is 0.928. The molecule has 1 aromatic rings. The molecule has 2 rings (SSSR count). The zero-order chi connectivity index (χ0) is 13.9. The lowest BCUT2D eigenvalue weighted by atomic mass is 10.1. The Morgan fingerprint density at radius 1 is 1.32 bits per heavy atom. The molecule has 0 radical (unpaired) electrons. The van der Waals surface area contributed by atoms with E-state index in [0.717, 1.165) is 32.1 Å². The average molecular weight is 283 g/mol. The van der Waals surface area contributed by atoms with Gasteiger partial charge in [-0.3, -0.25) is 0 Å². The molecule has 0 bridgehead atoms. The van der Waals surface area contributed by atoms with E-state index in [0.29, 0.717) is 6.54 Å². The largest absolute Gasteiger partial charge is 0.508 e. The summed E-state index contributed by atoms with van der Waals surface area (Å²) in [4.78, 5) is 0.188. The van der Waals surface area contributed by atoms with Crippen LogP contribution in [-0.2, 0) is 10.0 Å². The summed E-state index contributed by atoms with van der Waals surface area (Å²) in [6.45, 7) is 2.61. The monoisotopic (exact) mass is 283 g/mol. The van der Waals surface area contributed by atoms with Crippen molar-refractivity contribution in [2.45, 2.75) is 50.0 Å². The second kappa shape index (κ2) is 5.92. The number of hydrogen-bond donors (Lipinski definition) is 1. The zero-order valence-corrected chi connectivity index (χ0v) is 12.1. The first-order valence-electron chi connectivity index (χ1n) is 6.86. The molecule has 1 N–H and O–H groups in total. The number of benzene rings is 1. The first-order chi connectivity index (χ1) is 9.05. The molecule has 0 aromatic heterocycles. The van der Waals surface area contributed by atoms with Gasteiger partial charge in [0.15, 0.2) is 0 Å². The number of sulfonamides is 1. The van der Waals surface area contributed by atoms with Gasteiger partial charge in [0.25, 0.3) is 0 Å². The van der Waals surface area contributed by atoms with Crippen molar-refractivity contribution in [3.63, 3.8) is 0 Å². The summed E-state index contributed by atoms with van der Waals surface area (Å²) in [5.41, 5.74) is 0. The third kappa shape index (κ3) is 3.09. The van der Waals surface area contributed by atoms with E-state index in [9.17, 15) is 13.5 Å². The van der Waals surface area contributed by atoms with Gasteiger partial charge < -0.3 is 5.11 Å². The van der Waals surface area contributed by atoms with Crippen LogP contribution in [0.1, 0.15) is 39.0 Å². The number of rotatable bonds is 3. The van der Waals surface area contributed by atoms with E-state index in [4.69, 9.17) is 0 Å². The molecule has 1 aromatic carbocycles. The van der Waals surface area contributed by atoms with Crippen LogP contribution in [0.2, 0.25) is 0 Å². The SMILES string of the molecule is CCC1CCCCCN1S(=O)(=O)c1cccc(O)c1. The molecule has 1 heterocycles. The highest BCUT2D eigenvalue weighted by Crippen LogP contribution is 2.27. The molecule has 0 amide bonds. The Kier molecular flexibility index (Phi) is 4.47. The predicted molar refractivity (Wildman–Crippen MR) is 74.5 cm³/mol. The van der Waals surface area contributed by atoms with E-state index in [1.807, 2.05) is 6.92 Å². The van der Waals surface area contributed by atoms with Crippen LogP contribution in [0.4, 0.5) is 0 Å². The Morgan fingerprint density at radius 2 is 2.11 bits per heavy atom. The van der Waals surface area contributed by atoms with E-state index in [1.165, 1.54) is 12.1 Å². The summed E-state index contributed by atoms with van der Waals surface area (Å²) in [5.74, 6) is -0.0102. The third-order valence-electron chi connectivity index (χ3n) is 3.72. The van der Waals surface area contributed by atoms with Gasteiger partial charge in [-0.05, 0) is 37.5 Å². The number of nitrogens with zero attached hydrogens (tertiary/aromatic N) is 1. The van der Waals surface area contributed by atoms with Gasteiger partial charge in [0.05, 0.1) is 4.90 Å². The minimum absolute atomic E-state index is 0.0102. The molecule has 5 heteroatoms. The fraction of sp³-hybridized carbons (Fsp3) is 0.571. The Labute approximate surface area is 115 Å². The molecule has 1 fully saturated rings. The molecular weight excluding hydrogens is 262 g/mol. The van der Waals surface area contributed by atoms with Crippen LogP contribution in [0.5, 0.6) is 5.75 Å². The van der Waals surface area contributed by atoms with Crippen LogP contribution >= 0.6 is 0 Å². The van der Waals surface area contributed by atoms with Crippen molar-refractivity contribution in [2.75, 3.05) is 6.54 Å². The summed E-state index contributed by atoms with van der Waals surface area (Å²) in [6, 6.07) is 6.01. The molecule has 4 nitrogen and oxygen atoms in total. The van der Waals surface area contributed by atoms with Crippen molar-refractivity contribution in [1.82, 2.24) is 4.31 Å². The number of hydrogen-bond acceptors (Lipinski definition) is 3. The van der Waals surface area contributed by atoms with Crippen LogP contribution in [-0.4, -0.2) is 30.4 Å². The van der Waals surface area contributed by atoms with Gasteiger partial charge in [-0.1, -0.05) is 25.8 Å². The lowest BCUT2D eigenvalue weighted by molar-refractivity contribution is 0.315. The molecule has 106 valence electrons. The van der Waals surface area contributed by atoms with Gasteiger partial charge in [-0.2, -0.15) is 4.31 Å². The summed E-state index contributed by atoms with van der Waals surface area (Å²) < 4.78 is 27.0. The highest BCUT2D eigenvalue weighted by Gasteiger charge is 2.31. The maximum atomic E-state index is 12.7. The van der Waals surface area contributed by atoms with Crippen molar-refractivity contribution < 1.29 is 13.5 Å². The fourth-order valence-electron chi connectivity index (χ4n) is 2.65. The highest BCUT2D eigenvalue weighted by molar-refractivity contribution is 7.89. The Bertz CT molecular complexity index is 527. The summed E-state index contributed by atoms with van der Waals surface area (Å²) in [7, 11) is -3.50. The van der Waals surface area contributed by atoms with Crippen molar-refractivity contribution in [3.8, 4) is 5.75 Å². The van der Waals surface area contributed by atoms with Gasteiger partial charge >= 0.3 is 0 Å². The van der Waals surface area contributed by atoms with Crippen LogP contribution in [0.25, 0.3) is 0 Å². The Balaban J connectivity index is 2.36. The molecule has 0 aliphatic carbocycles. The lowest BCUT2D eigenvalue weighted by Gasteiger charge is -2.28. The third-order valence-corrected chi connectivity index (χ3v) is 5.67. The standard InChI is InChI=1S/C14H21NO3S/c1-2-12-7-4-3-5-10-15(12)19(17,18)14-9-6-8-13(16)11-14/h6,8-9,11-12,16H,2-5,7,10H2,1H3. The van der Waals surface area contributed by atoms with Crippen LogP contribution in [0, 0.1) is 0 Å². The molecule has 0 saturated carbocycles. The maximum absolute atomic E-state index is 12.7. The Hall–Kier alpha value is -1.07. The van der Waals surface area contributed by atoms with Crippen LogP contribution in [0.15, 0.2) is 29.2 Å². The van der Waals surface area contributed by atoms with Crippen molar-refractivity contribution in [2.24, 2.45) is 0 Å². The minimum atomic E-state index is -3.50. The summed E-state index contributed by atoms with van der Waals surface area (Å²) >= 11 is 0. The van der Waals surface area contributed by atoms with Gasteiger partial charge in [-0.25, -0.2) is 8.42 Å². The molecular formula is C14H21NO3S. The molecule has 1 saturated heterocycles. The number of phenolic OH excluding ortho intramolecular Hbond substituents is 1. The highest BCUT2D eigenvalue weighted by atomic mass is 32.2. The van der Waals surface area contributed by atoms with Gasteiger partial charge in [0.2, 0.25) is 10.0 Å². The van der Waals surface area contributed by atoms with Gasteiger partial charge in [-0.15, -0.1) is 0 Å². The minimum Gasteiger partial charge on any atom is -0.508 e. The summed E-state index contributed by atoms with van der Waals surface area (Å²) in [6.07, 6.45) is 4.84. The van der Waals surface area contributed by atoms with Crippen molar-refractivity contribution in [1.29, 1.82) is 0 Å². The van der Waals surface area contributed by atoms with Crippen LogP contribution in [0.3, 0.4) is 0 Å². The predicted octanol–water partition coefficient (Wildman–Crippen LogP) is 2.74. The fourth-order valence-corrected chi connectivity index (χ4v) is 4.46. The van der Waals surface area contributed by atoms with E-state index < -0.39 is 10.0 Å². The van der Waals surface area contributed by atoms with Crippen molar-refractivity contribution in [3.05, 3.63) is 24.3 Å². The zero-order valence-electron chi connectivity index (χ0n) is 11.2. The molecule has 0 spiro atoms. The molecule has 1 aliphatic heterocycles. The van der Waals surface area contributed by atoms with E-state index in [1.54, 1.807) is 16.4 Å². The molecule has 1 unspecified atom stereocenters. The topological polar surface area (TPSA) is 57.6 Å². The van der Waals surface area contributed by atoms with Crippen LogP contribution < -0.4 is 0 Å². The maximum Gasteiger partial charge on any atom is 0.243 e. The molecule has 1 aliphatic rings. The van der Waals surface area contributed by atoms with Crippen molar-refractivity contribution >= 4 is 10.0 Å². The van der Waals surface area contributed by atoms with Gasteiger partial charge in [0.1, 0.15) is 5.75 Å². The molecule has 19 heavy (non-hydrogen) atoms. The Morgan fingerprint density at radius 3 is 2.79 bits per heavy atom. The first-order valence-corrected chi connectivity index (χ1v) is 8.30. The summed E-state index contributed by atoms with van der Waals surface area (Å²) in [5, 5.41) is 9.47. The molecule has 1 atom stereocenters.